The summed E-state index contributed by atoms with van der Waals surface area (Å²) in [5, 5.41) is 0. The van der Waals surface area contributed by atoms with Gasteiger partial charge in [0, 0.05) is 6.42 Å². The zero-order valence-corrected chi connectivity index (χ0v) is 8.11. The highest BCUT2D eigenvalue weighted by Gasteiger charge is 2.18. The van der Waals surface area contributed by atoms with Crippen LogP contribution < -0.4 is 0 Å². The molecule has 1 aromatic carbocycles. The minimum absolute atomic E-state index is 0.0814. The van der Waals surface area contributed by atoms with E-state index >= 15 is 0 Å². The standard InChI is InChI=1S/C11H9F3O/c1-6(2)5-9(15)7-3-4-8(12)11(14)10(7)13/h3-4H,1,5H2,2H3. The average molecular weight is 214 g/mol. The summed E-state index contributed by atoms with van der Waals surface area (Å²) < 4.78 is 38.4. The summed E-state index contributed by atoms with van der Waals surface area (Å²) in [5.74, 6) is -4.98. The SMILES string of the molecule is C=C(C)CC(=O)c1ccc(F)c(F)c1F. The first-order valence-corrected chi connectivity index (χ1v) is 4.24. The molecule has 0 spiro atoms. The minimum Gasteiger partial charge on any atom is -0.294 e. The number of rotatable bonds is 3. The van der Waals surface area contributed by atoms with Gasteiger partial charge >= 0.3 is 0 Å². The van der Waals surface area contributed by atoms with E-state index in [1.807, 2.05) is 0 Å². The predicted octanol–water partition coefficient (Wildman–Crippen LogP) is 3.25. The molecular formula is C11H9F3O. The van der Waals surface area contributed by atoms with E-state index in [-0.39, 0.29) is 6.42 Å². The average Bonchev–Trinajstić information content (AvgIpc) is 2.13. The van der Waals surface area contributed by atoms with Crippen LogP contribution in [0.4, 0.5) is 13.2 Å². The maximum Gasteiger partial charge on any atom is 0.195 e. The van der Waals surface area contributed by atoms with Gasteiger partial charge in [0.25, 0.3) is 0 Å². The van der Waals surface area contributed by atoms with Crippen molar-refractivity contribution in [1.29, 1.82) is 0 Å². The van der Waals surface area contributed by atoms with Crippen LogP contribution in [0.25, 0.3) is 0 Å². The molecule has 80 valence electrons. The number of halogens is 3. The quantitative estimate of drug-likeness (QED) is 0.429. The highest BCUT2D eigenvalue weighted by molar-refractivity contribution is 5.97. The molecule has 0 saturated carbocycles. The Labute approximate surface area is 85.2 Å². The summed E-state index contributed by atoms with van der Waals surface area (Å²) in [6.45, 7) is 5.07. The molecule has 0 saturated heterocycles. The molecule has 0 heterocycles. The molecule has 0 aliphatic rings. The van der Waals surface area contributed by atoms with Gasteiger partial charge in [0.15, 0.2) is 23.2 Å². The molecule has 1 aromatic rings. The van der Waals surface area contributed by atoms with Crippen molar-refractivity contribution in [1.82, 2.24) is 0 Å². The summed E-state index contributed by atoms with van der Waals surface area (Å²) in [5.41, 5.74) is 0.0843. The first kappa shape index (κ1) is 11.5. The third kappa shape index (κ3) is 2.46. The number of carbonyl (C=O) groups is 1. The second kappa shape index (κ2) is 4.29. The number of allylic oxidation sites excluding steroid dienone is 1. The van der Waals surface area contributed by atoms with E-state index in [2.05, 4.69) is 6.58 Å². The van der Waals surface area contributed by atoms with Crippen LogP contribution in [0.2, 0.25) is 0 Å². The Morgan fingerprint density at radius 3 is 2.40 bits per heavy atom. The molecule has 0 N–H and O–H groups in total. The van der Waals surface area contributed by atoms with Gasteiger partial charge in [0.1, 0.15) is 0 Å². The van der Waals surface area contributed by atoms with Crippen molar-refractivity contribution in [2.45, 2.75) is 13.3 Å². The second-order valence-corrected chi connectivity index (χ2v) is 3.28. The second-order valence-electron chi connectivity index (χ2n) is 3.28. The fourth-order valence-corrected chi connectivity index (χ4v) is 1.11. The molecule has 0 radical (unpaired) electrons. The summed E-state index contributed by atoms with van der Waals surface area (Å²) in [4.78, 5) is 11.3. The van der Waals surface area contributed by atoms with E-state index in [0.29, 0.717) is 5.57 Å². The van der Waals surface area contributed by atoms with Gasteiger partial charge in [-0.1, -0.05) is 12.2 Å². The number of ketones is 1. The molecule has 1 rings (SSSR count). The van der Waals surface area contributed by atoms with Gasteiger partial charge in [-0.3, -0.25) is 4.79 Å². The number of carbonyl (C=O) groups excluding carboxylic acids is 1. The Hall–Kier alpha value is -1.58. The van der Waals surface area contributed by atoms with Crippen LogP contribution in [0.5, 0.6) is 0 Å². The topological polar surface area (TPSA) is 17.1 Å². The monoisotopic (exact) mass is 214 g/mol. The van der Waals surface area contributed by atoms with Crippen molar-refractivity contribution in [2.24, 2.45) is 0 Å². The molecule has 0 fully saturated rings. The molecule has 0 amide bonds. The molecule has 4 heteroatoms. The Bertz CT molecular complexity index is 424. The number of hydrogen-bond donors (Lipinski definition) is 0. The van der Waals surface area contributed by atoms with Crippen LogP contribution >= 0.6 is 0 Å². The number of Topliss-reactive ketones (excluding diaryl/α,β-unsaturated/α-hetero) is 1. The maximum absolute atomic E-state index is 13.1. The molecule has 0 aliphatic carbocycles. The third-order valence-electron chi connectivity index (χ3n) is 1.80. The van der Waals surface area contributed by atoms with Gasteiger partial charge < -0.3 is 0 Å². The van der Waals surface area contributed by atoms with Crippen molar-refractivity contribution in [2.75, 3.05) is 0 Å². The molecule has 0 unspecified atom stereocenters. The molecule has 0 atom stereocenters. The summed E-state index contributed by atoms with van der Waals surface area (Å²) in [6.07, 6.45) is -0.0814. The molecule has 1 nitrogen and oxygen atoms in total. The summed E-state index contributed by atoms with van der Waals surface area (Å²) in [7, 11) is 0. The van der Waals surface area contributed by atoms with Gasteiger partial charge in [0.05, 0.1) is 5.56 Å². The van der Waals surface area contributed by atoms with Gasteiger partial charge in [-0.05, 0) is 19.1 Å². The lowest BCUT2D eigenvalue weighted by Crippen LogP contribution is -2.05. The number of hydrogen-bond acceptors (Lipinski definition) is 1. The van der Waals surface area contributed by atoms with Crippen LogP contribution in [0.3, 0.4) is 0 Å². The van der Waals surface area contributed by atoms with Crippen LogP contribution in [0.15, 0.2) is 24.3 Å². The fraction of sp³-hybridized carbons (Fsp3) is 0.182. The van der Waals surface area contributed by atoms with Gasteiger partial charge in [0.2, 0.25) is 0 Å². The predicted molar refractivity (Wildman–Crippen MR) is 50.1 cm³/mol. The van der Waals surface area contributed by atoms with Crippen molar-refractivity contribution >= 4 is 5.78 Å². The van der Waals surface area contributed by atoms with E-state index in [9.17, 15) is 18.0 Å². The van der Waals surface area contributed by atoms with Gasteiger partial charge in [-0.25, -0.2) is 13.2 Å². The zero-order valence-electron chi connectivity index (χ0n) is 8.11. The Morgan fingerprint density at radius 1 is 1.27 bits per heavy atom. The normalized spacial score (nSPS) is 10.1. The Morgan fingerprint density at radius 2 is 1.87 bits per heavy atom. The highest BCUT2D eigenvalue weighted by atomic mass is 19.2. The first-order valence-electron chi connectivity index (χ1n) is 4.24. The molecule has 0 aromatic heterocycles. The van der Waals surface area contributed by atoms with Crippen LogP contribution in [0, 0.1) is 17.5 Å². The van der Waals surface area contributed by atoms with Crippen molar-refractivity contribution in [3.05, 3.63) is 47.3 Å². The largest absolute Gasteiger partial charge is 0.294 e. The third-order valence-corrected chi connectivity index (χ3v) is 1.80. The van der Waals surface area contributed by atoms with Crippen molar-refractivity contribution in [3.8, 4) is 0 Å². The molecule has 15 heavy (non-hydrogen) atoms. The first-order chi connectivity index (χ1) is 6.93. The molecule has 0 aliphatic heterocycles. The maximum atomic E-state index is 13.1. The molecule has 0 bridgehead atoms. The smallest absolute Gasteiger partial charge is 0.195 e. The summed E-state index contributed by atoms with van der Waals surface area (Å²) in [6, 6.07) is 1.66. The van der Waals surface area contributed by atoms with E-state index in [1.54, 1.807) is 6.92 Å². The van der Waals surface area contributed by atoms with E-state index in [4.69, 9.17) is 0 Å². The van der Waals surface area contributed by atoms with Gasteiger partial charge in [-0.15, -0.1) is 0 Å². The summed E-state index contributed by atoms with van der Waals surface area (Å²) >= 11 is 0. The fourth-order valence-electron chi connectivity index (χ4n) is 1.11. The van der Waals surface area contributed by atoms with Gasteiger partial charge in [-0.2, -0.15) is 0 Å². The van der Waals surface area contributed by atoms with E-state index < -0.39 is 28.8 Å². The van der Waals surface area contributed by atoms with E-state index in [0.717, 1.165) is 12.1 Å². The lowest BCUT2D eigenvalue weighted by atomic mass is 10.0. The highest BCUT2D eigenvalue weighted by Crippen LogP contribution is 2.17. The minimum atomic E-state index is -1.62. The Kier molecular flexibility index (Phi) is 3.29. The zero-order chi connectivity index (χ0) is 11.6. The Balaban J connectivity index is 3.11. The van der Waals surface area contributed by atoms with Crippen molar-refractivity contribution < 1.29 is 18.0 Å². The van der Waals surface area contributed by atoms with Crippen LogP contribution in [0.1, 0.15) is 23.7 Å². The molecular weight excluding hydrogens is 205 g/mol. The number of benzene rings is 1. The van der Waals surface area contributed by atoms with Crippen molar-refractivity contribution in [3.63, 3.8) is 0 Å². The van der Waals surface area contributed by atoms with E-state index in [1.165, 1.54) is 0 Å². The lowest BCUT2D eigenvalue weighted by Gasteiger charge is -2.03. The van der Waals surface area contributed by atoms with Crippen LogP contribution in [-0.4, -0.2) is 5.78 Å². The van der Waals surface area contributed by atoms with Crippen LogP contribution in [-0.2, 0) is 0 Å². The lowest BCUT2D eigenvalue weighted by molar-refractivity contribution is 0.0988.